The van der Waals surface area contributed by atoms with Gasteiger partial charge < -0.3 is 34.5 Å². The van der Waals surface area contributed by atoms with Crippen molar-refractivity contribution in [1.29, 1.82) is 0 Å². The second-order valence-electron chi connectivity index (χ2n) is 13.1. The van der Waals surface area contributed by atoms with Crippen LogP contribution in [0.1, 0.15) is 81.9 Å². The molecule has 2 unspecified atom stereocenters. The molecule has 256 valence electrons. The van der Waals surface area contributed by atoms with Crippen molar-refractivity contribution in [2.24, 2.45) is 10.8 Å². The number of unbranched alkanes of at least 4 members (excludes halogenated alkanes) is 6. The molecule has 1 heterocycles. The van der Waals surface area contributed by atoms with E-state index in [2.05, 4.69) is 26.0 Å². The summed E-state index contributed by atoms with van der Waals surface area (Å²) in [4.78, 5) is 25.7. The normalized spacial score (nSPS) is 18.8. The van der Waals surface area contributed by atoms with Crippen molar-refractivity contribution in [1.82, 2.24) is 4.90 Å². The average Bonchev–Trinajstić information content (AvgIpc) is 3.37. The third-order valence-corrected chi connectivity index (χ3v) is 9.94. The molecule has 8 nitrogen and oxygen atoms in total. The molecule has 9 heteroatoms. The molecule has 1 aliphatic heterocycles. The van der Waals surface area contributed by atoms with Crippen molar-refractivity contribution in [2.45, 2.75) is 70.8 Å². The molecule has 0 spiro atoms. The number of carbonyl (C=O) groups is 1. The number of nitrogens with zero attached hydrogens (tertiary/aromatic N) is 1. The predicted octanol–water partition coefficient (Wildman–Crippen LogP) is 3.92. The van der Waals surface area contributed by atoms with Crippen molar-refractivity contribution in [3.8, 4) is 11.5 Å². The van der Waals surface area contributed by atoms with Crippen LogP contribution in [-0.4, -0.2) is 68.2 Å². The summed E-state index contributed by atoms with van der Waals surface area (Å²) in [6.45, 7) is 5.42. The Labute approximate surface area is 298 Å². The molecule has 1 fully saturated rings. The van der Waals surface area contributed by atoms with Gasteiger partial charge in [0, 0.05) is 30.3 Å². The molecule has 0 bridgehead atoms. The minimum atomic E-state index is -0.986. The van der Waals surface area contributed by atoms with Crippen LogP contribution in [0.25, 0.3) is 0 Å². The summed E-state index contributed by atoms with van der Waals surface area (Å²) < 4.78 is 18.2. The zero-order chi connectivity index (χ0) is 33.0. The number of aliphatic hydroxyl groups excluding tert-OH is 1. The molecular weight excluding hydrogens is 601 g/mol. The van der Waals surface area contributed by atoms with Gasteiger partial charge in [-0.15, -0.1) is 0 Å². The van der Waals surface area contributed by atoms with E-state index in [0.29, 0.717) is 32.5 Å². The van der Waals surface area contributed by atoms with Crippen LogP contribution in [0.5, 0.6) is 11.5 Å². The molecule has 4 rings (SSSR count). The molecule has 0 radical (unpaired) electrons. The first kappa shape index (κ1) is 41.0. The molecule has 3 aromatic carbocycles. The van der Waals surface area contributed by atoms with Gasteiger partial charge in [-0.05, 0) is 47.4 Å². The molecule has 0 aliphatic carbocycles. The third kappa shape index (κ3) is 9.31. The fourth-order valence-electron chi connectivity index (χ4n) is 6.60. The van der Waals surface area contributed by atoms with Gasteiger partial charge in [0.1, 0.15) is 17.1 Å². The van der Waals surface area contributed by atoms with Crippen LogP contribution in [0.4, 0.5) is 0 Å². The molecule has 0 aromatic heterocycles. The van der Waals surface area contributed by atoms with E-state index < -0.39 is 16.4 Å². The van der Waals surface area contributed by atoms with Gasteiger partial charge in [-0.25, -0.2) is 0 Å². The number of hydrogen-bond acceptors (Lipinski definition) is 7. The summed E-state index contributed by atoms with van der Waals surface area (Å²) in [5.74, 6) is 1.63. The molecule has 3 aromatic rings. The molecule has 48 heavy (non-hydrogen) atoms. The number of benzene rings is 3. The molecule has 0 saturated carbocycles. The molecule has 1 saturated heterocycles. The molecule has 1 amide bonds. The van der Waals surface area contributed by atoms with Crippen LogP contribution in [0.3, 0.4) is 0 Å². The van der Waals surface area contributed by atoms with Gasteiger partial charge in [0.25, 0.3) is 0 Å². The standard InChI is InChI=1S/C39H50NO6.Li.H2O/c1-37(29-42)27-40(36(43)17-13-8-6-5-7-9-14-26-41)28-38(37,2)30-46-39(31-15-11-10-12-16-31,32-18-22-34(44-3)23-19-32)33-20-24-35(45-4)25-21-33;;/h10-12,15-16,18-25,42H,5-9,13-14,17,27-30H2,1-4H3;;1H2/q-1;+1;/p-1. The van der Waals surface area contributed by atoms with Crippen LogP contribution in [-0.2, 0) is 19.9 Å². The number of amides is 1. The van der Waals surface area contributed by atoms with Gasteiger partial charge in [-0.3, -0.25) is 11.1 Å². The summed E-state index contributed by atoms with van der Waals surface area (Å²) in [5.41, 5.74) is 0.783. The van der Waals surface area contributed by atoms with E-state index in [1.807, 2.05) is 77.9 Å². The Hall–Kier alpha value is -3.12. The average molecular weight is 653 g/mol. The van der Waals surface area contributed by atoms with Crippen molar-refractivity contribution >= 4 is 12.2 Å². The molecule has 1 aliphatic rings. The van der Waals surface area contributed by atoms with Gasteiger partial charge in [-0.1, -0.05) is 101 Å². The third-order valence-electron chi connectivity index (χ3n) is 9.94. The topological polar surface area (TPSA) is 115 Å². The molecular formula is C39H51LiNO7-. The fourth-order valence-corrected chi connectivity index (χ4v) is 6.60. The van der Waals surface area contributed by atoms with E-state index in [1.54, 1.807) is 14.2 Å². The van der Waals surface area contributed by atoms with Gasteiger partial charge in [0.05, 0.1) is 27.4 Å². The zero-order valence-corrected chi connectivity index (χ0v) is 29.4. The summed E-state index contributed by atoms with van der Waals surface area (Å²) in [6, 6.07) is 26.1. The first-order valence-corrected chi connectivity index (χ1v) is 16.5. The Balaban J connectivity index is 0.00000400. The Bertz CT molecular complexity index is 1340. The summed E-state index contributed by atoms with van der Waals surface area (Å²) in [6.07, 6.45) is 8.82. The van der Waals surface area contributed by atoms with E-state index in [-0.39, 0.29) is 36.9 Å². The van der Waals surface area contributed by atoms with Gasteiger partial charge in [-0.2, -0.15) is 6.42 Å². The number of rotatable bonds is 18. The monoisotopic (exact) mass is 652 g/mol. The number of aliphatic hydroxyl groups is 1. The second-order valence-corrected chi connectivity index (χ2v) is 13.1. The number of hydrogen-bond donors (Lipinski definition) is 1. The minimum absolute atomic E-state index is 0. The van der Waals surface area contributed by atoms with E-state index in [0.717, 1.165) is 66.7 Å². The van der Waals surface area contributed by atoms with Gasteiger partial charge in [0.15, 0.2) is 0 Å². The maximum Gasteiger partial charge on any atom is 1.00 e. The van der Waals surface area contributed by atoms with Crippen molar-refractivity contribution in [2.75, 3.05) is 40.5 Å². The predicted molar refractivity (Wildman–Crippen MR) is 183 cm³/mol. The van der Waals surface area contributed by atoms with Crippen LogP contribution in [0.15, 0.2) is 78.9 Å². The van der Waals surface area contributed by atoms with Crippen molar-refractivity contribution < 1.29 is 53.2 Å². The zero-order valence-electron chi connectivity index (χ0n) is 29.4. The quantitative estimate of drug-likeness (QED) is 0.0959. The van der Waals surface area contributed by atoms with Crippen molar-refractivity contribution in [3.63, 3.8) is 0 Å². The second kappa shape index (κ2) is 19.2. The largest absolute Gasteiger partial charge is 1.00 e. The molecule has 2 N–H and O–H groups in total. The van der Waals surface area contributed by atoms with E-state index in [4.69, 9.17) is 14.2 Å². The Kier molecular flexibility index (Phi) is 16.4. The van der Waals surface area contributed by atoms with E-state index in [9.17, 15) is 14.7 Å². The number of ether oxygens (including phenoxy) is 3. The summed E-state index contributed by atoms with van der Waals surface area (Å²) in [5, 5.41) is 10.7. The maximum atomic E-state index is 13.4. The van der Waals surface area contributed by atoms with Crippen LogP contribution < -0.4 is 28.3 Å². The van der Waals surface area contributed by atoms with Crippen LogP contribution in [0.2, 0.25) is 0 Å². The van der Waals surface area contributed by atoms with Crippen LogP contribution in [0, 0.1) is 10.8 Å². The fraction of sp³-hybridized carbons (Fsp3) is 0.487. The minimum Gasteiger partial charge on any atom is -0.870 e. The maximum absolute atomic E-state index is 13.4. The van der Waals surface area contributed by atoms with E-state index >= 15 is 0 Å². The number of methoxy groups -OCH3 is 2. The first-order chi connectivity index (χ1) is 22.2. The van der Waals surface area contributed by atoms with Gasteiger partial charge >= 0.3 is 18.9 Å². The smallest absolute Gasteiger partial charge is 0.870 e. The molecule has 2 atom stereocenters. The Morgan fingerprint density at radius 3 is 1.75 bits per heavy atom. The summed E-state index contributed by atoms with van der Waals surface area (Å²) in [7, 11) is 3.31. The SMILES string of the molecule is COc1ccc(C(OCC2(C)CN(C(=O)CCCCCCCC[C-]=O)CC2(C)CO)(c2ccccc2)c2ccc(OC)cc2)cc1.[Li+].[OH-]. The number of carbonyl (C=O) groups excluding carboxylic acids is 2. The summed E-state index contributed by atoms with van der Waals surface area (Å²) >= 11 is 0. The first-order valence-electron chi connectivity index (χ1n) is 16.5. The Morgan fingerprint density at radius 1 is 0.771 bits per heavy atom. The van der Waals surface area contributed by atoms with Crippen molar-refractivity contribution in [3.05, 3.63) is 95.6 Å². The van der Waals surface area contributed by atoms with Gasteiger partial charge in [0.2, 0.25) is 5.91 Å². The Morgan fingerprint density at radius 2 is 1.25 bits per heavy atom. The van der Waals surface area contributed by atoms with Crippen LogP contribution >= 0.6 is 0 Å². The number of likely N-dealkylation sites (tertiary alicyclic amines) is 1. The van der Waals surface area contributed by atoms with E-state index in [1.165, 1.54) is 0 Å².